The number of ether oxygens (including phenoxy) is 1. The summed E-state index contributed by atoms with van der Waals surface area (Å²) in [5, 5.41) is 5.70. The molecule has 0 fully saturated rings. The quantitative estimate of drug-likeness (QED) is 0.725. The van der Waals surface area contributed by atoms with Gasteiger partial charge in [-0.05, 0) is 30.8 Å². The fourth-order valence-electron chi connectivity index (χ4n) is 2.43. The third kappa shape index (κ3) is 7.04. The predicted octanol–water partition coefficient (Wildman–Crippen LogP) is 2.38. The van der Waals surface area contributed by atoms with Crippen molar-refractivity contribution in [3.63, 3.8) is 0 Å². The Morgan fingerprint density at radius 1 is 0.962 bits per heavy atom. The number of nitrogens with zero attached hydrogens (tertiary/aromatic N) is 1. The normalized spacial score (nSPS) is 10.6. The number of rotatable bonds is 9. The van der Waals surface area contributed by atoms with Crippen molar-refractivity contribution in [2.24, 2.45) is 0 Å². The van der Waals surface area contributed by atoms with Crippen LogP contribution < -0.4 is 10.6 Å². The predicted molar refractivity (Wildman–Crippen MR) is 103 cm³/mol. The minimum Gasteiger partial charge on any atom is -0.383 e. The number of hydrogen-bond donors (Lipinski definition) is 2. The van der Waals surface area contributed by atoms with Gasteiger partial charge in [-0.25, -0.2) is 0 Å². The number of amides is 2. The second kappa shape index (κ2) is 10.3. The molecule has 2 amide bonds. The van der Waals surface area contributed by atoms with Crippen LogP contribution in [-0.2, 0) is 20.7 Å². The van der Waals surface area contributed by atoms with Gasteiger partial charge in [-0.15, -0.1) is 0 Å². The van der Waals surface area contributed by atoms with E-state index in [-0.39, 0.29) is 18.4 Å². The van der Waals surface area contributed by atoms with Crippen LogP contribution in [0.15, 0.2) is 54.6 Å². The van der Waals surface area contributed by atoms with E-state index < -0.39 is 0 Å². The van der Waals surface area contributed by atoms with E-state index in [0.29, 0.717) is 30.9 Å². The summed E-state index contributed by atoms with van der Waals surface area (Å²) >= 11 is 0. The Balaban J connectivity index is 1.87. The second-order valence-electron chi connectivity index (χ2n) is 6.07. The number of carbonyl (C=O) groups excluding carboxylic acids is 2. The topological polar surface area (TPSA) is 70.7 Å². The van der Waals surface area contributed by atoms with Crippen LogP contribution in [0.25, 0.3) is 0 Å². The summed E-state index contributed by atoms with van der Waals surface area (Å²) in [6.45, 7) is 1.53. The van der Waals surface area contributed by atoms with E-state index in [1.54, 1.807) is 31.4 Å². The van der Waals surface area contributed by atoms with Gasteiger partial charge in [0, 0.05) is 25.0 Å². The van der Waals surface area contributed by atoms with Gasteiger partial charge in [0.1, 0.15) is 0 Å². The summed E-state index contributed by atoms with van der Waals surface area (Å²) in [4.78, 5) is 26.1. The van der Waals surface area contributed by atoms with Crippen LogP contribution in [0.3, 0.4) is 0 Å². The molecular weight excluding hydrogens is 330 g/mol. The fourth-order valence-corrected chi connectivity index (χ4v) is 2.43. The first-order chi connectivity index (χ1) is 12.6. The molecule has 26 heavy (non-hydrogen) atoms. The van der Waals surface area contributed by atoms with Crippen molar-refractivity contribution < 1.29 is 14.3 Å². The maximum Gasteiger partial charge on any atom is 0.238 e. The van der Waals surface area contributed by atoms with Gasteiger partial charge in [-0.1, -0.05) is 36.4 Å². The fraction of sp³-hybridized carbons (Fsp3) is 0.300. The summed E-state index contributed by atoms with van der Waals surface area (Å²) in [6.07, 6.45) is 0.307. The molecular formula is C20H25N3O3. The maximum absolute atomic E-state index is 12.1. The van der Waals surface area contributed by atoms with Crippen molar-refractivity contribution in [2.75, 3.05) is 44.5 Å². The molecule has 0 atom stereocenters. The van der Waals surface area contributed by atoms with Gasteiger partial charge in [0.05, 0.1) is 19.6 Å². The molecule has 0 saturated heterocycles. The van der Waals surface area contributed by atoms with E-state index in [1.807, 2.05) is 42.3 Å². The molecule has 0 saturated carbocycles. The largest absolute Gasteiger partial charge is 0.383 e. The molecule has 2 aromatic rings. The van der Waals surface area contributed by atoms with Gasteiger partial charge in [0.15, 0.2) is 0 Å². The van der Waals surface area contributed by atoms with Gasteiger partial charge in [0.2, 0.25) is 11.8 Å². The Morgan fingerprint density at radius 2 is 1.62 bits per heavy atom. The summed E-state index contributed by atoms with van der Waals surface area (Å²) < 4.78 is 4.99. The molecule has 6 heteroatoms. The average molecular weight is 355 g/mol. The Morgan fingerprint density at radius 3 is 2.27 bits per heavy atom. The lowest BCUT2D eigenvalue weighted by atomic mass is 10.1. The van der Waals surface area contributed by atoms with E-state index in [2.05, 4.69) is 10.6 Å². The molecule has 2 N–H and O–H groups in total. The molecule has 0 aliphatic heterocycles. The number of nitrogens with one attached hydrogen (secondary N) is 2. The Hall–Kier alpha value is -2.70. The minimum atomic E-state index is -0.114. The molecule has 2 aromatic carbocycles. The van der Waals surface area contributed by atoms with Gasteiger partial charge in [-0.2, -0.15) is 0 Å². The summed E-state index contributed by atoms with van der Waals surface area (Å²) in [5.74, 6) is -0.213. The van der Waals surface area contributed by atoms with Crippen molar-refractivity contribution in [3.8, 4) is 0 Å². The molecule has 0 aliphatic rings. The van der Waals surface area contributed by atoms with Gasteiger partial charge >= 0.3 is 0 Å². The zero-order valence-corrected chi connectivity index (χ0v) is 15.2. The molecule has 0 spiro atoms. The average Bonchev–Trinajstić information content (AvgIpc) is 2.60. The van der Waals surface area contributed by atoms with Crippen molar-refractivity contribution >= 4 is 23.2 Å². The molecule has 0 aromatic heterocycles. The minimum absolute atomic E-state index is 0.0982. The third-order valence-corrected chi connectivity index (χ3v) is 3.73. The number of anilines is 2. The first-order valence-electron chi connectivity index (χ1n) is 8.48. The van der Waals surface area contributed by atoms with Crippen LogP contribution in [0.5, 0.6) is 0 Å². The molecule has 2 rings (SSSR count). The third-order valence-electron chi connectivity index (χ3n) is 3.73. The van der Waals surface area contributed by atoms with E-state index in [1.165, 1.54) is 0 Å². The SMILES string of the molecule is COCCN(C)CC(=O)Nc1cccc(NC(=O)Cc2ccccc2)c1. The number of hydrogen-bond acceptors (Lipinski definition) is 4. The number of methoxy groups -OCH3 is 1. The standard InChI is InChI=1S/C20H25N3O3/c1-23(11-12-26-2)15-20(25)22-18-10-6-9-17(14-18)21-19(24)13-16-7-4-3-5-8-16/h3-10,14H,11-13,15H2,1-2H3,(H,21,24)(H,22,25). The van der Waals surface area contributed by atoms with E-state index in [0.717, 1.165) is 5.56 Å². The first kappa shape index (κ1) is 19.6. The zero-order chi connectivity index (χ0) is 18.8. The number of carbonyl (C=O) groups is 2. The van der Waals surface area contributed by atoms with E-state index >= 15 is 0 Å². The molecule has 0 unspecified atom stereocenters. The maximum atomic E-state index is 12.1. The van der Waals surface area contributed by atoms with Gasteiger partial charge in [-0.3, -0.25) is 14.5 Å². The Labute approximate surface area is 154 Å². The lowest BCUT2D eigenvalue weighted by molar-refractivity contribution is -0.117. The lowest BCUT2D eigenvalue weighted by Gasteiger charge is -2.15. The molecule has 138 valence electrons. The Bertz CT molecular complexity index is 719. The van der Waals surface area contributed by atoms with Crippen LogP contribution in [0, 0.1) is 0 Å². The highest BCUT2D eigenvalue weighted by Gasteiger charge is 2.08. The van der Waals surface area contributed by atoms with E-state index in [4.69, 9.17) is 4.74 Å². The first-order valence-corrected chi connectivity index (χ1v) is 8.48. The van der Waals surface area contributed by atoms with E-state index in [9.17, 15) is 9.59 Å². The zero-order valence-electron chi connectivity index (χ0n) is 15.2. The van der Waals surface area contributed by atoms with Crippen molar-refractivity contribution in [1.82, 2.24) is 4.90 Å². The molecule has 0 aliphatic carbocycles. The van der Waals surface area contributed by atoms with Crippen LogP contribution in [-0.4, -0.2) is 50.6 Å². The molecule has 0 heterocycles. The number of benzene rings is 2. The van der Waals surface area contributed by atoms with Gasteiger partial charge in [0.25, 0.3) is 0 Å². The molecule has 6 nitrogen and oxygen atoms in total. The highest BCUT2D eigenvalue weighted by Crippen LogP contribution is 2.15. The van der Waals surface area contributed by atoms with Crippen molar-refractivity contribution in [3.05, 3.63) is 60.2 Å². The second-order valence-corrected chi connectivity index (χ2v) is 6.07. The monoisotopic (exact) mass is 355 g/mol. The molecule has 0 radical (unpaired) electrons. The van der Waals surface area contributed by atoms with Crippen LogP contribution in [0.1, 0.15) is 5.56 Å². The highest BCUT2D eigenvalue weighted by atomic mass is 16.5. The van der Waals surface area contributed by atoms with Crippen LogP contribution in [0.4, 0.5) is 11.4 Å². The Kier molecular flexibility index (Phi) is 7.79. The lowest BCUT2D eigenvalue weighted by Crippen LogP contribution is -2.32. The molecule has 0 bridgehead atoms. The van der Waals surface area contributed by atoms with Gasteiger partial charge < -0.3 is 15.4 Å². The summed E-state index contributed by atoms with van der Waals surface area (Å²) in [6, 6.07) is 16.7. The van der Waals surface area contributed by atoms with Crippen LogP contribution in [0.2, 0.25) is 0 Å². The van der Waals surface area contributed by atoms with Crippen molar-refractivity contribution in [1.29, 1.82) is 0 Å². The van der Waals surface area contributed by atoms with Crippen molar-refractivity contribution in [2.45, 2.75) is 6.42 Å². The van der Waals surface area contributed by atoms with Crippen LogP contribution >= 0.6 is 0 Å². The summed E-state index contributed by atoms with van der Waals surface area (Å²) in [5.41, 5.74) is 2.25. The number of likely N-dealkylation sites (N-methyl/N-ethyl adjacent to an activating group) is 1. The highest BCUT2D eigenvalue weighted by molar-refractivity contribution is 5.95. The summed E-state index contributed by atoms with van der Waals surface area (Å²) in [7, 11) is 3.49. The smallest absolute Gasteiger partial charge is 0.238 e.